The molecule has 2 rings (SSSR count). The highest BCUT2D eigenvalue weighted by molar-refractivity contribution is 5.02. The van der Waals surface area contributed by atoms with Crippen molar-refractivity contribution in [2.75, 3.05) is 6.61 Å². The molecule has 2 N–H and O–H groups in total. The Balaban J connectivity index is 2.11. The second kappa shape index (κ2) is 2.94. The van der Waals surface area contributed by atoms with Crippen LogP contribution in [0.5, 0.6) is 0 Å². The Hall–Kier alpha value is -0.120. The van der Waals surface area contributed by atoms with E-state index >= 15 is 0 Å². The molecular weight excluding hydrogens is 168 g/mol. The first-order valence-corrected chi connectivity index (χ1v) is 5.10. The lowest BCUT2D eigenvalue weighted by molar-refractivity contribution is -0.243. The van der Waals surface area contributed by atoms with Crippen LogP contribution in [-0.2, 0) is 4.74 Å². The Morgan fingerprint density at radius 2 is 2.15 bits per heavy atom. The second-order valence-corrected chi connectivity index (χ2v) is 4.65. The van der Waals surface area contributed by atoms with Gasteiger partial charge >= 0.3 is 0 Å². The van der Waals surface area contributed by atoms with Gasteiger partial charge in [0.05, 0.1) is 12.2 Å². The van der Waals surface area contributed by atoms with Crippen molar-refractivity contribution in [3.05, 3.63) is 0 Å². The average Bonchev–Trinajstić information content (AvgIpc) is 2.83. The van der Waals surface area contributed by atoms with E-state index in [-0.39, 0.29) is 6.61 Å². The topological polar surface area (TPSA) is 49.7 Å². The maximum Gasteiger partial charge on any atom is 0.155 e. The monoisotopic (exact) mass is 186 g/mol. The fraction of sp³-hybridized carbons (Fsp3) is 1.00. The highest BCUT2D eigenvalue weighted by atomic mass is 16.6. The van der Waals surface area contributed by atoms with E-state index in [0.29, 0.717) is 5.41 Å². The Bertz CT molecular complexity index is 194. The Kier molecular flexibility index (Phi) is 2.13. The number of ether oxygens (including phenoxy) is 1. The van der Waals surface area contributed by atoms with E-state index < -0.39 is 11.9 Å². The van der Waals surface area contributed by atoms with Gasteiger partial charge in [0.2, 0.25) is 0 Å². The van der Waals surface area contributed by atoms with Gasteiger partial charge in [0.15, 0.2) is 6.29 Å². The summed E-state index contributed by atoms with van der Waals surface area (Å²) in [5.41, 5.74) is -0.162. The van der Waals surface area contributed by atoms with Gasteiger partial charge in [0.25, 0.3) is 0 Å². The van der Waals surface area contributed by atoms with E-state index in [1.807, 2.05) is 6.92 Å². The van der Waals surface area contributed by atoms with E-state index in [2.05, 4.69) is 0 Å². The van der Waals surface area contributed by atoms with Gasteiger partial charge in [-0.25, -0.2) is 0 Å². The van der Waals surface area contributed by atoms with Crippen molar-refractivity contribution in [2.24, 2.45) is 5.41 Å². The molecule has 2 aliphatic rings. The number of aliphatic hydroxyl groups excluding tert-OH is 2. The molecule has 0 aromatic carbocycles. The summed E-state index contributed by atoms with van der Waals surface area (Å²) in [4.78, 5) is 0. The molecule has 2 fully saturated rings. The molecule has 0 bridgehead atoms. The third kappa shape index (κ3) is 1.60. The van der Waals surface area contributed by atoms with Gasteiger partial charge in [0.1, 0.15) is 0 Å². The van der Waals surface area contributed by atoms with Crippen LogP contribution < -0.4 is 0 Å². The van der Waals surface area contributed by atoms with Gasteiger partial charge in [-0.15, -0.1) is 0 Å². The summed E-state index contributed by atoms with van der Waals surface area (Å²) >= 11 is 0. The molecule has 3 nitrogen and oxygen atoms in total. The first-order valence-electron chi connectivity index (χ1n) is 5.10. The van der Waals surface area contributed by atoms with Crippen molar-refractivity contribution in [3.63, 3.8) is 0 Å². The predicted molar refractivity (Wildman–Crippen MR) is 48.1 cm³/mol. The van der Waals surface area contributed by atoms with Crippen LogP contribution in [0.1, 0.15) is 39.0 Å². The largest absolute Gasteiger partial charge is 0.393 e. The van der Waals surface area contributed by atoms with Crippen LogP contribution in [0.3, 0.4) is 0 Å². The molecule has 3 heteroatoms. The summed E-state index contributed by atoms with van der Waals surface area (Å²) in [7, 11) is 0. The number of rotatable bonds is 2. The summed E-state index contributed by atoms with van der Waals surface area (Å²) in [5.74, 6) is 0. The zero-order chi connectivity index (χ0) is 9.53. The highest BCUT2D eigenvalue weighted by Crippen LogP contribution is 2.58. The minimum Gasteiger partial charge on any atom is -0.393 e. The number of hydrogen-bond acceptors (Lipinski definition) is 3. The van der Waals surface area contributed by atoms with Gasteiger partial charge in [-0.05, 0) is 31.1 Å². The zero-order valence-corrected chi connectivity index (χ0v) is 8.12. The van der Waals surface area contributed by atoms with Crippen molar-refractivity contribution in [2.45, 2.75) is 50.9 Å². The normalized spacial score (nSPS) is 42.2. The summed E-state index contributed by atoms with van der Waals surface area (Å²) in [6.07, 6.45) is 4.18. The minimum absolute atomic E-state index is 0.0301. The van der Waals surface area contributed by atoms with Gasteiger partial charge in [-0.1, -0.05) is 6.92 Å². The van der Waals surface area contributed by atoms with Crippen LogP contribution >= 0.6 is 0 Å². The molecule has 1 aliphatic carbocycles. The van der Waals surface area contributed by atoms with Crippen LogP contribution in [0.15, 0.2) is 0 Å². The quantitative estimate of drug-likeness (QED) is 0.677. The van der Waals surface area contributed by atoms with Crippen molar-refractivity contribution < 1.29 is 14.9 Å². The molecule has 1 spiro atoms. The van der Waals surface area contributed by atoms with Crippen LogP contribution in [-0.4, -0.2) is 28.7 Å². The van der Waals surface area contributed by atoms with Gasteiger partial charge in [0, 0.05) is 6.42 Å². The van der Waals surface area contributed by atoms with Gasteiger partial charge in [-0.3, -0.25) is 0 Å². The standard InChI is InChI=1S/C10H18O3/c1-2-10(7-11)6-9(3-4-9)5-8(12)13-10/h8,11-12H,2-7H2,1H3/t8?,10-/m1/s1. The molecule has 1 saturated carbocycles. The molecule has 76 valence electrons. The first kappa shape index (κ1) is 9.44. The van der Waals surface area contributed by atoms with E-state index in [0.717, 1.165) is 19.3 Å². The number of aliphatic hydroxyl groups is 2. The Labute approximate surface area is 78.7 Å². The lowest BCUT2D eigenvalue weighted by Crippen LogP contribution is -2.47. The predicted octanol–water partition coefficient (Wildman–Crippen LogP) is 1.04. The van der Waals surface area contributed by atoms with Crippen molar-refractivity contribution >= 4 is 0 Å². The fourth-order valence-corrected chi connectivity index (χ4v) is 2.47. The van der Waals surface area contributed by atoms with E-state index in [4.69, 9.17) is 4.74 Å². The molecule has 1 aliphatic heterocycles. The molecular formula is C10H18O3. The van der Waals surface area contributed by atoms with Crippen LogP contribution in [0.4, 0.5) is 0 Å². The highest BCUT2D eigenvalue weighted by Gasteiger charge is 2.54. The molecule has 2 atom stereocenters. The lowest BCUT2D eigenvalue weighted by Gasteiger charge is -2.42. The van der Waals surface area contributed by atoms with Gasteiger partial charge < -0.3 is 14.9 Å². The van der Waals surface area contributed by atoms with E-state index in [9.17, 15) is 10.2 Å². The third-order valence-corrected chi connectivity index (χ3v) is 3.58. The van der Waals surface area contributed by atoms with Crippen LogP contribution in [0.2, 0.25) is 0 Å². The molecule has 1 heterocycles. The van der Waals surface area contributed by atoms with E-state index in [1.165, 1.54) is 12.8 Å². The SMILES string of the molecule is CC[C@]1(CO)CC2(CC2)CC(O)O1. The maximum absolute atomic E-state index is 9.55. The van der Waals surface area contributed by atoms with Crippen LogP contribution in [0.25, 0.3) is 0 Å². The lowest BCUT2D eigenvalue weighted by atomic mass is 9.81. The third-order valence-electron chi connectivity index (χ3n) is 3.58. The summed E-state index contributed by atoms with van der Waals surface area (Å²) in [5, 5.41) is 18.8. The smallest absolute Gasteiger partial charge is 0.155 e. The number of hydrogen-bond donors (Lipinski definition) is 2. The molecule has 0 aromatic heterocycles. The van der Waals surface area contributed by atoms with Crippen molar-refractivity contribution in [1.82, 2.24) is 0 Å². The van der Waals surface area contributed by atoms with Crippen molar-refractivity contribution in [1.29, 1.82) is 0 Å². The Morgan fingerprint density at radius 3 is 2.62 bits per heavy atom. The Morgan fingerprint density at radius 1 is 1.46 bits per heavy atom. The average molecular weight is 186 g/mol. The zero-order valence-electron chi connectivity index (χ0n) is 8.12. The fourth-order valence-electron chi connectivity index (χ4n) is 2.47. The summed E-state index contributed by atoms with van der Waals surface area (Å²) in [6, 6.07) is 0. The molecule has 0 radical (unpaired) electrons. The summed E-state index contributed by atoms with van der Waals surface area (Å²) in [6.45, 7) is 2.03. The molecule has 13 heavy (non-hydrogen) atoms. The van der Waals surface area contributed by atoms with E-state index in [1.54, 1.807) is 0 Å². The summed E-state index contributed by atoms with van der Waals surface area (Å²) < 4.78 is 5.45. The first-order chi connectivity index (χ1) is 6.14. The van der Waals surface area contributed by atoms with Crippen LogP contribution in [0, 0.1) is 5.41 Å². The molecule has 1 unspecified atom stereocenters. The molecule has 1 saturated heterocycles. The molecule has 0 amide bonds. The minimum atomic E-state index is -0.664. The second-order valence-electron chi connectivity index (χ2n) is 4.65. The maximum atomic E-state index is 9.55. The molecule has 0 aromatic rings. The van der Waals surface area contributed by atoms with Gasteiger partial charge in [-0.2, -0.15) is 0 Å². The van der Waals surface area contributed by atoms with Crippen molar-refractivity contribution in [3.8, 4) is 0 Å².